The van der Waals surface area contributed by atoms with Gasteiger partial charge in [0, 0.05) is 43.9 Å². The molecule has 0 bridgehead atoms. The Hall–Kier alpha value is -1.66. The lowest BCUT2D eigenvalue weighted by atomic mass is 10.2. The van der Waals surface area contributed by atoms with Crippen LogP contribution in [-0.4, -0.2) is 35.4 Å². The first-order valence-corrected chi connectivity index (χ1v) is 9.17. The zero-order chi connectivity index (χ0) is 15.6. The zero-order valence-corrected chi connectivity index (χ0v) is 13.9. The van der Waals surface area contributed by atoms with E-state index in [4.69, 9.17) is 4.42 Å². The van der Waals surface area contributed by atoms with Gasteiger partial charge >= 0.3 is 5.91 Å². The number of oxazole rings is 1. The van der Waals surface area contributed by atoms with E-state index < -0.39 is 0 Å². The second kappa shape index (κ2) is 6.45. The molecule has 2 aliphatic rings. The number of thiophene rings is 1. The van der Waals surface area contributed by atoms with Gasteiger partial charge in [-0.05, 0) is 30.2 Å². The molecule has 2 aromatic rings. The number of amides is 1. The van der Waals surface area contributed by atoms with E-state index in [0.717, 1.165) is 50.5 Å². The van der Waals surface area contributed by atoms with Crippen molar-refractivity contribution in [2.24, 2.45) is 5.92 Å². The molecule has 1 amide bonds. The van der Waals surface area contributed by atoms with Crippen LogP contribution in [0.5, 0.6) is 0 Å². The van der Waals surface area contributed by atoms with Gasteiger partial charge < -0.3 is 9.73 Å². The molecule has 0 unspecified atom stereocenters. The number of nitrogens with zero attached hydrogens (tertiary/aromatic N) is 2. The monoisotopic (exact) mass is 331 g/mol. The van der Waals surface area contributed by atoms with E-state index in [2.05, 4.69) is 32.7 Å². The quantitative estimate of drug-likeness (QED) is 0.914. The molecule has 5 nitrogen and oxygen atoms in total. The molecule has 0 aromatic carbocycles. The first-order valence-electron chi connectivity index (χ1n) is 8.29. The molecule has 0 atom stereocenters. The summed E-state index contributed by atoms with van der Waals surface area (Å²) in [5.74, 6) is 1.62. The van der Waals surface area contributed by atoms with Crippen molar-refractivity contribution in [3.63, 3.8) is 0 Å². The number of fused-ring (bicyclic) bond motifs is 1. The Morgan fingerprint density at radius 1 is 1.39 bits per heavy atom. The maximum atomic E-state index is 12.1. The summed E-state index contributed by atoms with van der Waals surface area (Å²) in [6, 6.07) is 4.27. The van der Waals surface area contributed by atoms with Gasteiger partial charge in [-0.15, -0.1) is 11.3 Å². The van der Waals surface area contributed by atoms with Gasteiger partial charge in [0.2, 0.25) is 0 Å². The van der Waals surface area contributed by atoms with Crippen LogP contribution >= 0.6 is 11.3 Å². The van der Waals surface area contributed by atoms with Crippen molar-refractivity contribution in [3.8, 4) is 0 Å². The minimum atomic E-state index is -0.166. The highest BCUT2D eigenvalue weighted by Gasteiger charge is 2.25. The number of aromatic nitrogens is 1. The molecule has 4 rings (SSSR count). The summed E-state index contributed by atoms with van der Waals surface area (Å²) in [5.41, 5.74) is 0.954. The van der Waals surface area contributed by atoms with Crippen molar-refractivity contribution < 1.29 is 9.21 Å². The van der Waals surface area contributed by atoms with Crippen molar-refractivity contribution in [2.75, 3.05) is 19.6 Å². The predicted molar refractivity (Wildman–Crippen MR) is 88.6 cm³/mol. The van der Waals surface area contributed by atoms with E-state index in [1.165, 1.54) is 17.7 Å². The van der Waals surface area contributed by atoms with Crippen LogP contribution in [0.3, 0.4) is 0 Å². The van der Waals surface area contributed by atoms with Gasteiger partial charge in [-0.1, -0.05) is 6.07 Å². The van der Waals surface area contributed by atoms with Crippen molar-refractivity contribution in [2.45, 2.75) is 32.2 Å². The fourth-order valence-corrected chi connectivity index (χ4v) is 3.67. The topological polar surface area (TPSA) is 58.4 Å². The molecule has 6 heteroatoms. The molecule has 0 saturated heterocycles. The minimum absolute atomic E-state index is 0.166. The lowest BCUT2D eigenvalue weighted by Crippen LogP contribution is -2.27. The fraction of sp³-hybridized carbons (Fsp3) is 0.529. The Labute approximate surface area is 139 Å². The Morgan fingerprint density at radius 2 is 2.26 bits per heavy atom. The van der Waals surface area contributed by atoms with Crippen molar-refractivity contribution in [1.82, 2.24) is 15.2 Å². The Morgan fingerprint density at radius 3 is 3.04 bits per heavy atom. The van der Waals surface area contributed by atoms with Crippen LogP contribution in [0.2, 0.25) is 0 Å². The summed E-state index contributed by atoms with van der Waals surface area (Å²) in [6.07, 6.45) is 4.12. The maximum Gasteiger partial charge on any atom is 0.307 e. The molecule has 122 valence electrons. The first-order chi connectivity index (χ1) is 11.3. The SMILES string of the molecule is O=C(NCC1CC1)c1nc2c(o1)CCN(Cc1cccs1)CC2. The standard InChI is InChI=1S/C17H21N3O2S/c21-16(18-10-12-3-4-12)17-19-14-5-7-20(8-6-15(14)22-17)11-13-2-1-9-23-13/h1-2,9,12H,3-8,10-11H2,(H,18,21). The van der Waals surface area contributed by atoms with E-state index >= 15 is 0 Å². The zero-order valence-electron chi connectivity index (χ0n) is 13.1. The first kappa shape index (κ1) is 14.9. The van der Waals surface area contributed by atoms with Crippen LogP contribution in [-0.2, 0) is 19.4 Å². The van der Waals surface area contributed by atoms with Crippen molar-refractivity contribution >= 4 is 17.2 Å². The van der Waals surface area contributed by atoms with Crippen LogP contribution in [0.4, 0.5) is 0 Å². The number of carbonyl (C=O) groups is 1. The molecule has 2 aromatic heterocycles. The molecule has 0 spiro atoms. The van der Waals surface area contributed by atoms with Crippen LogP contribution in [0.25, 0.3) is 0 Å². The van der Waals surface area contributed by atoms with Crippen LogP contribution < -0.4 is 5.32 Å². The molecule has 1 aliphatic carbocycles. The van der Waals surface area contributed by atoms with Gasteiger partial charge in [0.1, 0.15) is 5.76 Å². The number of rotatable bonds is 5. The number of carbonyl (C=O) groups excluding carboxylic acids is 1. The van der Waals surface area contributed by atoms with Crippen LogP contribution in [0.1, 0.15) is 39.9 Å². The third-order valence-corrected chi connectivity index (χ3v) is 5.36. The third kappa shape index (κ3) is 3.64. The molecule has 1 N–H and O–H groups in total. The van der Waals surface area contributed by atoms with Crippen LogP contribution in [0, 0.1) is 5.92 Å². The summed E-state index contributed by atoms with van der Waals surface area (Å²) in [7, 11) is 0. The minimum Gasteiger partial charge on any atom is -0.437 e. The van der Waals surface area contributed by atoms with Gasteiger partial charge in [0.25, 0.3) is 5.89 Å². The highest BCUT2D eigenvalue weighted by Crippen LogP contribution is 2.27. The molecule has 1 aliphatic heterocycles. The third-order valence-electron chi connectivity index (χ3n) is 4.50. The summed E-state index contributed by atoms with van der Waals surface area (Å²) in [5, 5.41) is 5.04. The van der Waals surface area contributed by atoms with Crippen molar-refractivity contribution in [3.05, 3.63) is 39.7 Å². The largest absolute Gasteiger partial charge is 0.437 e. The second-order valence-electron chi connectivity index (χ2n) is 6.40. The molecular weight excluding hydrogens is 310 g/mol. The highest BCUT2D eigenvalue weighted by atomic mass is 32.1. The van der Waals surface area contributed by atoms with E-state index in [0.29, 0.717) is 5.92 Å². The van der Waals surface area contributed by atoms with Gasteiger partial charge in [-0.25, -0.2) is 4.98 Å². The average Bonchev–Trinajstić information content (AvgIpc) is 3.14. The second-order valence-corrected chi connectivity index (χ2v) is 7.43. The Balaban J connectivity index is 1.36. The highest BCUT2D eigenvalue weighted by molar-refractivity contribution is 7.09. The Bertz CT molecular complexity index is 651. The molecular formula is C17H21N3O2S. The summed E-state index contributed by atoms with van der Waals surface area (Å²) in [4.78, 5) is 20.3. The Kier molecular flexibility index (Phi) is 4.18. The summed E-state index contributed by atoms with van der Waals surface area (Å²) < 4.78 is 5.74. The van der Waals surface area contributed by atoms with Gasteiger partial charge in [0.15, 0.2) is 0 Å². The maximum absolute atomic E-state index is 12.1. The van der Waals surface area contributed by atoms with E-state index in [1.54, 1.807) is 11.3 Å². The van der Waals surface area contributed by atoms with Crippen molar-refractivity contribution in [1.29, 1.82) is 0 Å². The molecule has 23 heavy (non-hydrogen) atoms. The van der Waals surface area contributed by atoms with Crippen LogP contribution in [0.15, 0.2) is 21.9 Å². The molecule has 1 saturated carbocycles. The number of hydrogen-bond donors (Lipinski definition) is 1. The summed E-state index contributed by atoms with van der Waals surface area (Å²) >= 11 is 1.79. The number of nitrogens with one attached hydrogen (secondary N) is 1. The average molecular weight is 331 g/mol. The molecule has 0 radical (unpaired) electrons. The number of hydrogen-bond acceptors (Lipinski definition) is 5. The normalized spacial score (nSPS) is 18.4. The van der Waals surface area contributed by atoms with E-state index in [1.807, 2.05) is 0 Å². The van der Waals surface area contributed by atoms with Gasteiger partial charge in [-0.2, -0.15) is 0 Å². The summed E-state index contributed by atoms with van der Waals surface area (Å²) in [6.45, 7) is 3.64. The lowest BCUT2D eigenvalue weighted by Gasteiger charge is -2.18. The molecule has 3 heterocycles. The fourth-order valence-electron chi connectivity index (χ4n) is 2.92. The lowest BCUT2D eigenvalue weighted by molar-refractivity contribution is 0.0915. The van der Waals surface area contributed by atoms with Gasteiger partial charge in [0.05, 0.1) is 5.69 Å². The van der Waals surface area contributed by atoms with E-state index in [-0.39, 0.29) is 11.8 Å². The van der Waals surface area contributed by atoms with E-state index in [9.17, 15) is 4.79 Å². The van der Waals surface area contributed by atoms with Gasteiger partial charge in [-0.3, -0.25) is 9.69 Å². The smallest absolute Gasteiger partial charge is 0.307 e. The molecule has 1 fully saturated rings. The predicted octanol–water partition coefficient (Wildman–Crippen LogP) is 2.48.